The molecule has 1 N–H and O–H groups in total. The molecule has 4 heteroatoms. The second-order valence-corrected chi connectivity index (χ2v) is 6.96. The molecular formula is C22H27NO3. The molecule has 1 aliphatic heterocycles. The largest absolute Gasteiger partial charge is 0.487 e. The van der Waals surface area contributed by atoms with Crippen molar-refractivity contribution in [3.63, 3.8) is 0 Å². The molecule has 0 aromatic heterocycles. The van der Waals surface area contributed by atoms with Crippen LogP contribution in [0.15, 0.2) is 48.5 Å². The monoisotopic (exact) mass is 353 g/mol. The number of ether oxygens (including phenoxy) is 2. The van der Waals surface area contributed by atoms with Crippen LogP contribution in [0, 0.1) is 6.92 Å². The van der Waals surface area contributed by atoms with Crippen LogP contribution in [0.2, 0.25) is 0 Å². The molecule has 3 rings (SSSR count). The van der Waals surface area contributed by atoms with E-state index >= 15 is 0 Å². The Labute approximate surface area is 155 Å². The summed E-state index contributed by atoms with van der Waals surface area (Å²) in [5.74, 6) is 1.45. The van der Waals surface area contributed by atoms with Crippen LogP contribution in [0.25, 0.3) is 0 Å². The molecule has 0 saturated heterocycles. The van der Waals surface area contributed by atoms with Crippen LogP contribution >= 0.6 is 0 Å². The molecule has 0 radical (unpaired) electrons. The third kappa shape index (κ3) is 4.01. The summed E-state index contributed by atoms with van der Waals surface area (Å²) in [6.07, 6.45) is 2.58. The first-order chi connectivity index (χ1) is 12.5. The van der Waals surface area contributed by atoms with E-state index in [1.54, 1.807) is 0 Å². The molecular weight excluding hydrogens is 326 g/mol. The quantitative estimate of drug-likeness (QED) is 0.827. The third-order valence-electron chi connectivity index (χ3n) is 5.21. The summed E-state index contributed by atoms with van der Waals surface area (Å²) in [4.78, 5) is 12.5. The van der Waals surface area contributed by atoms with Gasteiger partial charge in [0.05, 0.1) is 6.04 Å². The van der Waals surface area contributed by atoms with Crippen LogP contribution in [0.5, 0.6) is 11.5 Å². The zero-order valence-electron chi connectivity index (χ0n) is 15.7. The number of carbonyl (C=O) groups is 1. The minimum absolute atomic E-state index is 0.00777. The molecule has 0 aliphatic carbocycles. The van der Waals surface area contributed by atoms with Crippen LogP contribution in [0.3, 0.4) is 0 Å². The molecule has 2 aromatic carbocycles. The molecule has 0 bridgehead atoms. The van der Waals surface area contributed by atoms with E-state index in [1.165, 1.54) is 0 Å². The van der Waals surface area contributed by atoms with Crippen molar-refractivity contribution in [2.75, 3.05) is 6.61 Å². The molecule has 4 nitrogen and oxygen atoms in total. The second kappa shape index (κ2) is 7.81. The lowest BCUT2D eigenvalue weighted by Gasteiger charge is -2.41. The highest BCUT2D eigenvalue weighted by molar-refractivity contribution is 5.78. The van der Waals surface area contributed by atoms with Gasteiger partial charge in [-0.1, -0.05) is 49.7 Å². The molecule has 138 valence electrons. The Bertz CT molecular complexity index is 750. The highest BCUT2D eigenvalue weighted by Gasteiger charge is 2.38. The number of hydrogen-bond acceptors (Lipinski definition) is 3. The van der Waals surface area contributed by atoms with Gasteiger partial charge in [0.15, 0.2) is 6.61 Å². The van der Waals surface area contributed by atoms with Gasteiger partial charge in [-0.05, 0) is 38.0 Å². The number of fused-ring (bicyclic) bond motifs is 1. The van der Waals surface area contributed by atoms with Gasteiger partial charge in [0.25, 0.3) is 5.91 Å². The van der Waals surface area contributed by atoms with Gasteiger partial charge in [0, 0.05) is 12.0 Å². The number of carbonyl (C=O) groups excluding carboxylic acids is 1. The Morgan fingerprint density at radius 3 is 2.54 bits per heavy atom. The van der Waals surface area contributed by atoms with Gasteiger partial charge in [0.2, 0.25) is 0 Å². The fourth-order valence-corrected chi connectivity index (χ4v) is 3.45. The fourth-order valence-electron chi connectivity index (χ4n) is 3.45. The highest BCUT2D eigenvalue weighted by Crippen LogP contribution is 2.42. The summed E-state index contributed by atoms with van der Waals surface area (Å²) in [6, 6.07) is 15.6. The minimum Gasteiger partial charge on any atom is -0.487 e. The number of amides is 1. The third-order valence-corrected chi connectivity index (χ3v) is 5.21. The van der Waals surface area contributed by atoms with Gasteiger partial charge in [-0.2, -0.15) is 0 Å². The predicted molar refractivity (Wildman–Crippen MR) is 103 cm³/mol. The number of rotatable bonds is 6. The van der Waals surface area contributed by atoms with E-state index in [0.717, 1.165) is 36.1 Å². The molecule has 1 aliphatic rings. The van der Waals surface area contributed by atoms with Gasteiger partial charge < -0.3 is 14.8 Å². The minimum atomic E-state index is -0.232. The van der Waals surface area contributed by atoms with Crippen LogP contribution in [-0.4, -0.2) is 18.1 Å². The molecule has 1 heterocycles. The molecule has 26 heavy (non-hydrogen) atoms. The average Bonchev–Trinajstić information content (AvgIpc) is 2.67. The van der Waals surface area contributed by atoms with Crippen molar-refractivity contribution in [2.24, 2.45) is 0 Å². The van der Waals surface area contributed by atoms with Gasteiger partial charge in [-0.25, -0.2) is 0 Å². The smallest absolute Gasteiger partial charge is 0.258 e. The standard InChI is InChI=1S/C22H27NO3/c1-4-22(5-2)14-19(18-8-6-7-9-20(18)26-22)23-21(24)15-25-17-12-10-16(3)11-13-17/h6-13,19H,4-5,14-15H2,1-3H3,(H,23,24)/t19-/m1/s1. The van der Waals surface area contributed by atoms with E-state index in [2.05, 4.69) is 19.2 Å². The molecule has 1 atom stereocenters. The Morgan fingerprint density at radius 2 is 1.85 bits per heavy atom. The Hall–Kier alpha value is -2.49. The summed E-state index contributed by atoms with van der Waals surface area (Å²) in [5, 5.41) is 3.14. The predicted octanol–water partition coefficient (Wildman–Crippen LogP) is 4.57. The zero-order valence-corrected chi connectivity index (χ0v) is 15.7. The molecule has 0 spiro atoms. The first kappa shape index (κ1) is 18.3. The Kier molecular flexibility index (Phi) is 5.50. The summed E-state index contributed by atoms with van der Waals surface area (Å²) >= 11 is 0. The number of aryl methyl sites for hydroxylation is 1. The maximum Gasteiger partial charge on any atom is 0.258 e. The van der Waals surface area contributed by atoms with E-state index in [0.29, 0.717) is 5.75 Å². The second-order valence-electron chi connectivity index (χ2n) is 6.96. The SMILES string of the molecule is CCC1(CC)C[C@@H](NC(=O)COc2ccc(C)cc2)c2ccccc2O1. The lowest BCUT2D eigenvalue weighted by Crippen LogP contribution is -2.45. The fraction of sp³-hybridized carbons (Fsp3) is 0.409. The van der Waals surface area contributed by atoms with Crippen LogP contribution < -0.4 is 14.8 Å². The maximum atomic E-state index is 12.5. The van der Waals surface area contributed by atoms with Crippen molar-refractivity contribution < 1.29 is 14.3 Å². The normalized spacial score (nSPS) is 17.7. The van der Waals surface area contributed by atoms with E-state index < -0.39 is 0 Å². The summed E-state index contributed by atoms with van der Waals surface area (Å²) in [7, 11) is 0. The van der Waals surface area contributed by atoms with Crippen LogP contribution in [0.4, 0.5) is 0 Å². The zero-order chi connectivity index (χ0) is 18.6. The van der Waals surface area contributed by atoms with Crippen molar-refractivity contribution in [1.82, 2.24) is 5.32 Å². The van der Waals surface area contributed by atoms with Crippen LogP contribution in [0.1, 0.15) is 50.3 Å². The number of hydrogen-bond donors (Lipinski definition) is 1. The highest BCUT2D eigenvalue weighted by atomic mass is 16.5. The van der Waals surface area contributed by atoms with Crippen molar-refractivity contribution in [3.8, 4) is 11.5 Å². The van der Waals surface area contributed by atoms with Crippen molar-refractivity contribution >= 4 is 5.91 Å². The first-order valence-corrected chi connectivity index (χ1v) is 9.32. The van der Waals surface area contributed by atoms with Crippen molar-refractivity contribution in [1.29, 1.82) is 0 Å². The summed E-state index contributed by atoms with van der Waals surface area (Å²) in [5.41, 5.74) is 1.97. The first-order valence-electron chi connectivity index (χ1n) is 9.32. The topological polar surface area (TPSA) is 47.6 Å². The van der Waals surface area contributed by atoms with Gasteiger partial charge in [-0.3, -0.25) is 4.79 Å². The molecule has 0 unspecified atom stereocenters. The number of benzene rings is 2. The lowest BCUT2D eigenvalue weighted by atomic mass is 9.83. The number of nitrogens with one attached hydrogen (secondary N) is 1. The van der Waals surface area contributed by atoms with E-state index in [9.17, 15) is 4.79 Å². The maximum absolute atomic E-state index is 12.5. The average molecular weight is 353 g/mol. The molecule has 2 aromatic rings. The molecule has 0 saturated carbocycles. The summed E-state index contributed by atoms with van der Waals surface area (Å²) < 4.78 is 11.9. The van der Waals surface area contributed by atoms with E-state index in [1.807, 2.05) is 55.5 Å². The molecule has 0 fully saturated rings. The van der Waals surface area contributed by atoms with Gasteiger partial charge in [0.1, 0.15) is 17.1 Å². The van der Waals surface area contributed by atoms with Gasteiger partial charge >= 0.3 is 0 Å². The number of para-hydroxylation sites is 1. The lowest BCUT2D eigenvalue weighted by molar-refractivity contribution is -0.124. The van der Waals surface area contributed by atoms with Crippen LogP contribution in [-0.2, 0) is 4.79 Å². The van der Waals surface area contributed by atoms with Crippen molar-refractivity contribution in [2.45, 2.75) is 51.7 Å². The van der Waals surface area contributed by atoms with E-state index in [4.69, 9.17) is 9.47 Å². The van der Waals surface area contributed by atoms with E-state index in [-0.39, 0.29) is 24.2 Å². The molecule has 1 amide bonds. The Morgan fingerprint density at radius 1 is 1.15 bits per heavy atom. The summed E-state index contributed by atoms with van der Waals surface area (Å²) in [6.45, 7) is 6.30. The van der Waals surface area contributed by atoms with Gasteiger partial charge in [-0.15, -0.1) is 0 Å². The van der Waals surface area contributed by atoms with Crippen molar-refractivity contribution in [3.05, 3.63) is 59.7 Å². The Balaban J connectivity index is 1.69.